The molecule has 0 unspecified atom stereocenters. The van der Waals surface area contributed by atoms with Gasteiger partial charge < -0.3 is 19.6 Å². The molecule has 6 rings (SSSR count). The summed E-state index contributed by atoms with van der Waals surface area (Å²) in [6.45, 7) is 0.436. The van der Waals surface area contributed by atoms with E-state index in [4.69, 9.17) is 22.1 Å². The Morgan fingerprint density at radius 2 is 1.83 bits per heavy atom. The summed E-state index contributed by atoms with van der Waals surface area (Å²) in [7, 11) is 3.65. The van der Waals surface area contributed by atoms with E-state index in [1.807, 2.05) is 54.1 Å². The van der Waals surface area contributed by atoms with Crippen molar-refractivity contribution in [3.8, 4) is 16.9 Å². The fourth-order valence-electron chi connectivity index (χ4n) is 5.04. The fraction of sp³-hybridized carbons (Fsp3) is 0.179. The zero-order chi connectivity index (χ0) is 25.0. The Morgan fingerprint density at radius 1 is 1.03 bits per heavy atom. The summed E-state index contributed by atoms with van der Waals surface area (Å²) >= 11 is 6.52. The van der Waals surface area contributed by atoms with E-state index in [0.717, 1.165) is 38.7 Å². The molecule has 36 heavy (non-hydrogen) atoms. The van der Waals surface area contributed by atoms with Gasteiger partial charge in [0.05, 0.1) is 17.1 Å². The molecule has 2 aromatic heterocycles. The number of nitrogens with two attached hydrogens (primary N) is 1. The molecular formula is C28H24ClN5O2. The van der Waals surface area contributed by atoms with E-state index in [2.05, 4.69) is 22.3 Å². The zero-order valence-corrected chi connectivity index (χ0v) is 20.7. The standard InChI is InChI=1S/C28H24ClN5O2/c1-33-16-31-32-27(33)28(30)19-7-9-24-22(13-19)21(15-26(35)34(24)2)18-5-3-4-17(12-18)10-11-36-25-14-20(28)6-8-23(25)29/h3-9,12-16H,10-11,30H2,1-2H3/t28-/m0/s1. The molecule has 8 heteroatoms. The van der Waals surface area contributed by atoms with Crippen LogP contribution in [0, 0.1) is 0 Å². The van der Waals surface area contributed by atoms with Crippen LogP contribution in [-0.4, -0.2) is 25.9 Å². The number of pyridine rings is 1. The minimum atomic E-state index is -1.17. The minimum absolute atomic E-state index is 0.0743. The summed E-state index contributed by atoms with van der Waals surface area (Å²) in [5.41, 5.74) is 11.4. The van der Waals surface area contributed by atoms with Crippen molar-refractivity contribution in [2.45, 2.75) is 12.0 Å². The van der Waals surface area contributed by atoms with Crippen LogP contribution in [0.5, 0.6) is 5.75 Å². The van der Waals surface area contributed by atoms with Gasteiger partial charge in [0, 0.05) is 32.0 Å². The quantitative estimate of drug-likeness (QED) is 0.375. The Bertz CT molecular complexity index is 1710. The topological polar surface area (TPSA) is 88.0 Å². The van der Waals surface area contributed by atoms with Crippen molar-refractivity contribution in [3.05, 3.63) is 111 Å². The predicted molar refractivity (Wildman–Crippen MR) is 140 cm³/mol. The number of halogens is 1. The molecule has 7 nitrogen and oxygen atoms in total. The third-order valence-electron chi connectivity index (χ3n) is 7.04. The first-order chi connectivity index (χ1) is 17.4. The van der Waals surface area contributed by atoms with Gasteiger partial charge in [0.25, 0.3) is 5.56 Å². The second-order valence-electron chi connectivity index (χ2n) is 9.20. The van der Waals surface area contributed by atoms with Gasteiger partial charge in [0.15, 0.2) is 5.82 Å². The molecule has 180 valence electrons. The lowest BCUT2D eigenvalue weighted by Crippen LogP contribution is -2.41. The Labute approximate surface area is 212 Å². The van der Waals surface area contributed by atoms with Gasteiger partial charge in [-0.2, -0.15) is 0 Å². The molecule has 0 radical (unpaired) electrons. The smallest absolute Gasteiger partial charge is 0.251 e. The Kier molecular flexibility index (Phi) is 5.21. The number of benzene rings is 3. The van der Waals surface area contributed by atoms with E-state index >= 15 is 0 Å². The lowest BCUT2D eigenvalue weighted by molar-refractivity contribution is 0.321. The van der Waals surface area contributed by atoms with E-state index in [0.29, 0.717) is 29.6 Å². The lowest BCUT2D eigenvalue weighted by atomic mass is 9.81. The highest BCUT2D eigenvalue weighted by Gasteiger charge is 2.37. The summed E-state index contributed by atoms with van der Waals surface area (Å²) < 4.78 is 9.59. The summed E-state index contributed by atoms with van der Waals surface area (Å²) in [5, 5.41) is 9.94. The van der Waals surface area contributed by atoms with Crippen LogP contribution in [0.15, 0.2) is 77.9 Å². The molecule has 0 saturated heterocycles. The van der Waals surface area contributed by atoms with E-state index in [9.17, 15) is 4.79 Å². The number of hydrogen-bond donors (Lipinski definition) is 1. The van der Waals surface area contributed by atoms with Crippen LogP contribution in [0.2, 0.25) is 5.02 Å². The maximum Gasteiger partial charge on any atom is 0.251 e. The van der Waals surface area contributed by atoms with E-state index in [1.54, 1.807) is 30.1 Å². The van der Waals surface area contributed by atoms with Crippen molar-refractivity contribution < 1.29 is 4.74 Å². The van der Waals surface area contributed by atoms with Gasteiger partial charge in [-0.3, -0.25) is 4.79 Å². The average Bonchev–Trinajstić information content (AvgIpc) is 3.32. The van der Waals surface area contributed by atoms with Crippen molar-refractivity contribution in [2.75, 3.05) is 6.61 Å². The number of ether oxygens (including phenoxy) is 1. The summed E-state index contributed by atoms with van der Waals surface area (Å²) in [6, 6.07) is 21.4. The van der Waals surface area contributed by atoms with Crippen molar-refractivity contribution in [3.63, 3.8) is 0 Å². The van der Waals surface area contributed by atoms with Crippen molar-refractivity contribution in [2.24, 2.45) is 19.8 Å². The number of aromatic nitrogens is 4. The molecule has 5 aromatic rings. The highest BCUT2D eigenvalue weighted by Crippen LogP contribution is 2.39. The van der Waals surface area contributed by atoms with Gasteiger partial charge >= 0.3 is 0 Å². The van der Waals surface area contributed by atoms with Gasteiger partial charge in [-0.05, 0) is 52.1 Å². The Hall–Kier alpha value is -3.94. The average molecular weight is 498 g/mol. The molecule has 1 aliphatic rings. The van der Waals surface area contributed by atoms with E-state index in [-0.39, 0.29) is 5.56 Å². The second-order valence-corrected chi connectivity index (χ2v) is 9.61. The third kappa shape index (κ3) is 3.43. The SMILES string of the molecule is Cn1cnnc1[C@@]1(N)c2ccc(Cl)c(c2)OCCc2cccc(c2)-c2cc(=O)n(C)c3ccc1cc23. The molecule has 0 fully saturated rings. The first-order valence-corrected chi connectivity index (χ1v) is 12.0. The molecule has 0 saturated carbocycles. The van der Waals surface area contributed by atoms with Crippen LogP contribution >= 0.6 is 11.6 Å². The van der Waals surface area contributed by atoms with Gasteiger partial charge in [-0.15, -0.1) is 10.2 Å². The van der Waals surface area contributed by atoms with Crippen LogP contribution in [-0.2, 0) is 26.1 Å². The molecule has 3 aromatic carbocycles. The molecular weight excluding hydrogens is 474 g/mol. The third-order valence-corrected chi connectivity index (χ3v) is 7.35. The monoisotopic (exact) mass is 497 g/mol. The molecule has 0 amide bonds. The number of fused-ring (bicyclic) bond motifs is 6. The van der Waals surface area contributed by atoms with E-state index < -0.39 is 5.54 Å². The summed E-state index contributed by atoms with van der Waals surface area (Å²) in [4.78, 5) is 12.9. The van der Waals surface area contributed by atoms with Crippen molar-refractivity contribution in [1.82, 2.24) is 19.3 Å². The van der Waals surface area contributed by atoms with Crippen LogP contribution in [0.1, 0.15) is 22.5 Å². The fourth-order valence-corrected chi connectivity index (χ4v) is 5.21. The maximum absolute atomic E-state index is 12.9. The van der Waals surface area contributed by atoms with Crippen LogP contribution in [0.4, 0.5) is 0 Å². The molecule has 6 bridgehead atoms. The maximum atomic E-state index is 12.9. The minimum Gasteiger partial charge on any atom is -0.492 e. The lowest BCUT2D eigenvalue weighted by Gasteiger charge is -2.31. The molecule has 0 aliphatic carbocycles. The largest absolute Gasteiger partial charge is 0.492 e. The second kappa shape index (κ2) is 8.33. The first-order valence-electron chi connectivity index (χ1n) is 11.7. The highest BCUT2D eigenvalue weighted by molar-refractivity contribution is 6.32. The van der Waals surface area contributed by atoms with Gasteiger partial charge in [0.1, 0.15) is 17.6 Å². The number of aryl methyl sites for hydroxylation is 2. The molecule has 1 aliphatic heterocycles. The van der Waals surface area contributed by atoms with Crippen LogP contribution in [0.25, 0.3) is 22.0 Å². The van der Waals surface area contributed by atoms with Crippen LogP contribution < -0.4 is 16.0 Å². The molecule has 3 heterocycles. The van der Waals surface area contributed by atoms with Crippen molar-refractivity contribution >= 4 is 22.5 Å². The molecule has 0 spiro atoms. The number of hydrogen-bond acceptors (Lipinski definition) is 5. The first kappa shape index (κ1) is 22.5. The van der Waals surface area contributed by atoms with Crippen molar-refractivity contribution in [1.29, 1.82) is 0 Å². The Morgan fingerprint density at radius 3 is 2.64 bits per heavy atom. The number of nitrogens with zero attached hydrogens (tertiary/aromatic N) is 4. The normalized spacial score (nSPS) is 17.1. The van der Waals surface area contributed by atoms with Gasteiger partial charge in [-0.1, -0.05) is 48.0 Å². The predicted octanol–water partition coefficient (Wildman–Crippen LogP) is 4.17. The van der Waals surface area contributed by atoms with E-state index in [1.165, 1.54) is 0 Å². The molecule has 2 N–H and O–H groups in total. The Balaban J connectivity index is 1.75. The number of rotatable bonds is 1. The summed E-state index contributed by atoms with van der Waals surface area (Å²) in [5.74, 6) is 1.12. The summed E-state index contributed by atoms with van der Waals surface area (Å²) in [6.07, 6.45) is 2.31. The van der Waals surface area contributed by atoms with Gasteiger partial charge in [-0.25, -0.2) is 0 Å². The van der Waals surface area contributed by atoms with Gasteiger partial charge in [0.2, 0.25) is 0 Å². The molecule has 1 atom stereocenters. The zero-order valence-electron chi connectivity index (χ0n) is 19.9. The van der Waals surface area contributed by atoms with Crippen LogP contribution in [0.3, 0.4) is 0 Å². The highest BCUT2D eigenvalue weighted by atomic mass is 35.5.